The number of aliphatic hydroxyl groups is 2. The van der Waals surface area contributed by atoms with Crippen LogP contribution in [0.3, 0.4) is 0 Å². The molecule has 77 heavy (non-hydrogen) atoms. The molecule has 1 amide bonds. The lowest BCUT2D eigenvalue weighted by Gasteiger charge is -2.22. The number of nitrogens with one attached hydrogen (secondary N) is 1. The Morgan fingerprint density at radius 2 is 0.571 bits per heavy atom. The molecule has 0 fully saturated rings. The average Bonchev–Trinajstić information content (AvgIpc) is 3.43. The number of hydrogen-bond donors (Lipinski definition) is 3. The smallest absolute Gasteiger partial charge is 0.220 e. The molecule has 2 atom stereocenters. The Balaban J connectivity index is 3.51. The van der Waals surface area contributed by atoms with Crippen molar-refractivity contribution < 1.29 is 15.0 Å². The Labute approximate surface area is 480 Å². The first kappa shape index (κ1) is 74.0. The number of aliphatic hydroxyl groups excluding tert-OH is 2. The summed E-state index contributed by atoms with van der Waals surface area (Å²) < 4.78 is 0. The van der Waals surface area contributed by atoms with Crippen LogP contribution >= 0.6 is 0 Å². The third-order valence-corrected chi connectivity index (χ3v) is 15.0. The van der Waals surface area contributed by atoms with Crippen molar-refractivity contribution in [2.24, 2.45) is 0 Å². The molecule has 4 nitrogen and oxygen atoms in total. The number of carbonyl (C=O) groups is 1. The minimum atomic E-state index is -0.667. The fraction of sp³-hybridized carbons (Fsp3) is 0.740. The van der Waals surface area contributed by atoms with Gasteiger partial charge in [-0.2, -0.15) is 0 Å². The molecule has 0 aromatic carbocycles. The highest BCUT2D eigenvalue weighted by Gasteiger charge is 2.20. The standard InChI is InChI=1S/C73H129NO3/c1-3-5-7-9-11-13-15-17-19-21-23-25-27-29-30-31-32-33-34-35-36-37-38-39-40-41-42-43-44-45-47-49-51-53-55-57-59-61-63-65-67-69-73(77)74-71(70-75)72(76)68-66-64-62-60-58-56-54-52-50-48-46-28-26-24-22-20-18-16-14-12-10-8-6-4-2/h5,7,11,13,17,19,23,25,29-30,32-33,35-36,38-39,41-42,71-72,75-76H,3-4,6,8-10,12,14-16,18,20-22,24,26-28,31,34,37,40,43-70H2,1-2H3,(H,74,77)/b7-5-,13-11-,19-17-,25-23-,30-29-,33-32-,36-35-,39-38-,42-41-. The van der Waals surface area contributed by atoms with Crippen molar-refractivity contribution in [1.82, 2.24) is 5.32 Å². The molecule has 444 valence electrons. The molecule has 0 bridgehead atoms. The number of carbonyl (C=O) groups excluding carboxylic acids is 1. The van der Waals surface area contributed by atoms with Gasteiger partial charge in [0.15, 0.2) is 0 Å². The summed E-state index contributed by atoms with van der Waals surface area (Å²) in [6.45, 7) is 4.27. The minimum Gasteiger partial charge on any atom is -0.394 e. The highest BCUT2D eigenvalue weighted by atomic mass is 16.3. The molecule has 0 radical (unpaired) electrons. The van der Waals surface area contributed by atoms with Gasteiger partial charge in [0, 0.05) is 6.42 Å². The van der Waals surface area contributed by atoms with Gasteiger partial charge in [0.1, 0.15) is 0 Å². The summed E-state index contributed by atoms with van der Waals surface area (Å²) in [7, 11) is 0. The molecule has 0 aliphatic heterocycles. The van der Waals surface area contributed by atoms with Crippen LogP contribution in [-0.4, -0.2) is 34.9 Å². The molecule has 3 N–H and O–H groups in total. The molecule has 0 saturated heterocycles. The lowest BCUT2D eigenvalue weighted by molar-refractivity contribution is -0.123. The lowest BCUT2D eigenvalue weighted by atomic mass is 10.0. The quantitative estimate of drug-likeness (QED) is 0.0420. The zero-order chi connectivity index (χ0) is 55.5. The highest BCUT2D eigenvalue weighted by Crippen LogP contribution is 2.18. The Bertz CT molecular complexity index is 1440. The van der Waals surface area contributed by atoms with Crippen LogP contribution in [0.5, 0.6) is 0 Å². The van der Waals surface area contributed by atoms with Crippen molar-refractivity contribution in [1.29, 1.82) is 0 Å². The summed E-state index contributed by atoms with van der Waals surface area (Å²) in [6, 6.07) is -0.544. The maximum Gasteiger partial charge on any atom is 0.220 e. The molecular weight excluding hydrogens is 939 g/mol. The van der Waals surface area contributed by atoms with E-state index in [-0.39, 0.29) is 12.5 Å². The zero-order valence-corrected chi connectivity index (χ0v) is 51.2. The fourth-order valence-corrected chi connectivity index (χ4v) is 10.0. The largest absolute Gasteiger partial charge is 0.394 e. The Kier molecular flexibility index (Phi) is 64.7. The lowest BCUT2D eigenvalue weighted by Crippen LogP contribution is -2.45. The van der Waals surface area contributed by atoms with Gasteiger partial charge in [0.05, 0.1) is 18.8 Å². The van der Waals surface area contributed by atoms with Gasteiger partial charge in [0.25, 0.3) is 0 Å². The average molecular weight is 1070 g/mol. The second-order valence-corrected chi connectivity index (χ2v) is 22.5. The van der Waals surface area contributed by atoms with Crippen molar-refractivity contribution >= 4 is 5.91 Å². The minimum absolute atomic E-state index is 0.0321. The third kappa shape index (κ3) is 63.8. The summed E-state index contributed by atoms with van der Waals surface area (Å²) in [5, 5.41) is 23.4. The molecule has 0 aromatic heterocycles. The number of unbranched alkanes of at least 4 members (excludes halogenated alkanes) is 36. The van der Waals surface area contributed by atoms with E-state index in [0.29, 0.717) is 12.8 Å². The first-order valence-electron chi connectivity index (χ1n) is 33.6. The molecule has 0 spiro atoms. The monoisotopic (exact) mass is 1070 g/mol. The molecule has 0 aliphatic carbocycles. The van der Waals surface area contributed by atoms with E-state index in [2.05, 4.69) is 129 Å². The van der Waals surface area contributed by atoms with Crippen molar-refractivity contribution in [2.75, 3.05) is 6.61 Å². The summed E-state index contributed by atoms with van der Waals surface area (Å²) in [5.74, 6) is -0.0321. The van der Waals surface area contributed by atoms with Crippen LogP contribution in [0, 0.1) is 0 Å². The van der Waals surface area contributed by atoms with Crippen molar-refractivity contribution in [2.45, 2.75) is 341 Å². The first-order valence-corrected chi connectivity index (χ1v) is 33.6. The van der Waals surface area contributed by atoms with Crippen molar-refractivity contribution in [3.63, 3.8) is 0 Å². The number of allylic oxidation sites excluding steroid dienone is 18. The van der Waals surface area contributed by atoms with E-state index in [9.17, 15) is 15.0 Å². The summed E-state index contributed by atoms with van der Waals surface area (Å²) >= 11 is 0. The van der Waals surface area contributed by atoms with Gasteiger partial charge in [-0.05, 0) is 83.5 Å². The second kappa shape index (κ2) is 67.3. The number of rotatable bonds is 61. The number of hydrogen-bond acceptors (Lipinski definition) is 3. The molecule has 0 saturated carbocycles. The Morgan fingerprint density at radius 3 is 0.857 bits per heavy atom. The van der Waals surface area contributed by atoms with E-state index < -0.39 is 12.1 Å². The Morgan fingerprint density at radius 1 is 0.325 bits per heavy atom. The van der Waals surface area contributed by atoms with Gasteiger partial charge in [-0.15, -0.1) is 0 Å². The maximum absolute atomic E-state index is 12.6. The van der Waals surface area contributed by atoms with Gasteiger partial charge < -0.3 is 15.5 Å². The van der Waals surface area contributed by atoms with Crippen LogP contribution in [0.25, 0.3) is 0 Å². The van der Waals surface area contributed by atoms with Gasteiger partial charge in [0.2, 0.25) is 5.91 Å². The van der Waals surface area contributed by atoms with Crippen LogP contribution in [0.15, 0.2) is 109 Å². The first-order chi connectivity index (χ1) is 38.2. The topological polar surface area (TPSA) is 69.6 Å². The van der Waals surface area contributed by atoms with Crippen molar-refractivity contribution in [3.8, 4) is 0 Å². The van der Waals surface area contributed by atoms with Crippen LogP contribution in [0.1, 0.15) is 328 Å². The molecule has 0 aliphatic rings. The number of amides is 1. The van der Waals surface area contributed by atoms with Crippen LogP contribution in [-0.2, 0) is 4.79 Å². The van der Waals surface area contributed by atoms with E-state index in [0.717, 1.165) is 83.5 Å². The normalized spacial score (nSPS) is 13.5. The fourth-order valence-electron chi connectivity index (χ4n) is 10.0. The molecule has 0 rings (SSSR count). The predicted octanol–water partition coefficient (Wildman–Crippen LogP) is 23.0. The van der Waals surface area contributed by atoms with Crippen LogP contribution in [0.4, 0.5) is 0 Å². The van der Waals surface area contributed by atoms with Crippen LogP contribution < -0.4 is 5.32 Å². The van der Waals surface area contributed by atoms with E-state index in [1.165, 1.54) is 218 Å². The molecule has 0 heterocycles. The molecule has 2 unspecified atom stereocenters. The van der Waals surface area contributed by atoms with Crippen molar-refractivity contribution in [3.05, 3.63) is 109 Å². The molecule has 4 heteroatoms. The summed E-state index contributed by atoms with van der Waals surface area (Å²) in [6.07, 6.45) is 101. The van der Waals surface area contributed by atoms with E-state index in [1.807, 2.05) is 0 Å². The van der Waals surface area contributed by atoms with Gasteiger partial charge in [-0.3, -0.25) is 4.79 Å². The highest BCUT2D eigenvalue weighted by molar-refractivity contribution is 5.76. The summed E-state index contributed by atoms with van der Waals surface area (Å²) in [5.41, 5.74) is 0. The zero-order valence-electron chi connectivity index (χ0n) is 51.2. The SMILES string of the molecule is CC/C=C\C/C=C\C/C=C\C/C=C\C/C=C\C/C=C\C/C=C\C/C=C\C/C=C\CCCCCCCCCCCCCCCC(=O)NC(CO)C(O)CCCCCCCCCCCCCCCCCCCCCCCCCC. The van der Waals surface area contributed by atoms with Gasteiger partial charge in [-0.25, -0.2) is 0 Å². The van der Waals surface area contributed by atoms with E-state index in [4.69, 9.17) is 0 Å². The third-order valence-electron chi connectivity index (χ3n) is 15.0. The molecular formula is C73H129NO3. The van der Waals surface area contributed by atoms with Gasteiger partial charge >= 0.3 is 0 Å². The van der Waals surface area contributed by atoms with E-state index in [1.54, 1.807) is 0 Å². The maximum atomic E-state index is 12.6. The van der Waals surface area contributed by atoms with Gasteiger partial charge in [-0.1, -0.05) is 348 Å². The van der Waals surface area contributed by atoms with Crippen LogP contribution in [0.2, 0.25) is 0 Å². The summed E-state index contributed by atoms with van der Waals surface area (Å²) in [4.78, 5) is 12.6. The Hall–Kier alpha value is -2.95. The predicted molar refractivity (Wildman–Crippen MR) is 345 cm³/mol. The molecule has 0 aromatic rings. The van der Waals surface area contributed by atoms with E-state index >= 15 is 0 Å². The second-order valence-electron chi connectivity index (χ2n) is 22.5.